The smallest absolute Gasteiger partial charge is 0.344 e. The highest BCUT2D eigenvalue weighted by Gasteiger charge is 2.44. The number of hydrogen-bond donors (Lipinski definition) is 0. The molecule has 1 saturated heterocycles. The summed E-state index contributed by atoms with van der Waals surface area (Å²) >= 11 is 1.16. The molecule has 1 aliphatic carbocycles. The molecule has 8 heteroatoms. The number of benzene rings is 1. The molecule has 3 heterocycles. The Hall–Kier alpha value is -1.65. The number of imidazole rings is 1. The van der Waals surface area contributed by atoms with Crippen molar-refractivity contribution in [3.8, 4) is 17.1 Å². The van der Waals surface area contributed by atoms with Gasteiger partial charge >= 0.3 is 5.16 Å². The molecule has 1 unspecified atom stereocenters. The fourth-order valence-electron chi connectivity index (χ4n) is 4.26. The largest absolute Gasteiger partial charge is 0.609 e. The summed E-state index contributed by atoms with van der Waals surface area (Å²) in [5, 5.41) is 0.345. The van der Waals surface area contributed by atoms with Crippen molar-refractivity contribution in [2.75, 3.05) is 24.2 Å². The van der Waals surface area contributed by atoms with Crippen molar-refractivity contribution >= 4 is 39.5 Å². The molecule has 0 amide bonds. The van der Waals surface area contributed by atoms with Gasteiger partial charge in [0.05, 0.1) is 5.69 Å². The minimum atomic E-state index is -1.23. The van der Waals surface area contributed by atoms with Crippen molar-refractivity contribution in [3.05, 3.63) is 46.1 Å². The number of hydrogen-bond acceptors (Lipinski definition) is 5. The average Bonchev–Trinajstić information content (AvgIpc) is 3.29. The second kappa shape index (κ2) is 7.80. The first kappa shape index (κ1) is 20.3. The van der Waals surface area contributed by atoms with E-state index in [2.05, 4.69) is 55.7 Å². The van der Waals surface area contributed by atoms with E-state index in [4.69, 9.17) is 4.98 Å². The van der Waals surface area contributed by atoms with Gasteiger partial charge in [-0.15, -0.1) is 0 Å². The van der Waals surface area contributed by atoms with Crippen molar-refractivity contribution in [1.29, 1.82) is 0 Å². The highest BCUT2D eigenvalue weighted by atomic mass is 127. The minimum Gasteiger partial charge on any atom is -0.609 e. The van der Waals surface area contributed by atoms with E-state index in [0.717, 1.165) is 30.0 Å². The van der Waals surface area contributed by atoms with E-state index in [1.54, 1.807) is 12.6 Å². The maximum absolute atomic E-state index is 11.9. The average molecular weight is 533 g/mol. The molecule has 2 aromatic heterocycles. The Morgan fingerprint density at radius 3 is 2.57 bits per heavy atom. The lowest BCUT2D eigenvalue weighted by atomic mass is 9.93. The van der Waals surface area contributed by atoms with E-state index < -0.39 is 11.2 Å². The second-order valence-electron chi connectivity index (χ2n) is 8.42. The van der Waals surface area contributed by atoms with Crippen LogP contribution in [0.4, 0.5) is 5.69 Å². The Kier molecular flexibility index (Phi) is 5.27. The third-order valence-corrected chi connectivity index (χ3v) is 7.65. The van der Waals surface area contributed by atoms with E-state index in [1.807, 2.05) is 23.8 Å². The Morgan fingerprint density at radius 1 is 1.10 bits per heavy atom. The molecule has 6 nitrogen and oxygen atoms in total. The number of halogens is 1. The molecule has 30 heavy (non-hydrogen) atoms. The highest BCUT2D eigenvalue weighted by Crippen LogP contribution is 2.54. The summed E-state index contributed by atoms with van der Waals surface area (Å²) in [6.45, 7) is 4.12. The Labute approximate surface area is 193 Å². The van der Waals surface area contributed by atoms with Crippen LogP contribution in [0, 0.1) is 15.9 Å². The number of anilines is 1. The number of piperidine rings is 1. The van der Waals surface area contributed by atoms with Crippen molar-refractivity contribution in [1.82, 2.24) is 19.5 Å². The molecule has 1 spiro atoms. The summed E-state index contributed by atoms with van der Waals surface area (Å²) in [7, 11) is 0. The quantitative estimate of drug-likeness (QED) is 0.283. The van der Waals surface area contributed by atoms with Gasteiger partial charge in [-0.05, 0) is 78.8 Å². The minimum absolute atomic E-state index is 0.345. The van der Waals surface area contributed by atoms with Crippen molar-refractivity contribution < 1.29 is 4.55 Å². The SMILES string of the molecule is Cc1cc(-n2cnc(-c3ccc(I)cc3N3CCC4(CC3)CC4)c2)nc([S+](C)[O-])n1. The number of rotatable bonds is 4. The van der Waals surface area contributed by atoms with Crippen LogP contribution in [0.5, 0.6) is 0 Å². The highest BCUT2D eigenvalue weighted by molar-refractivity contribution is 14.1. The van der Waals surface area contributed by atoms with Crippen molar-refractivity contribution in [2.24, 2.45) is 5.41 Å². The van der Waals surface area contributed by atoms with Gasteiger partial charge in [0.2, 0.25) is 0 Å². The van der Waals surface area contributed by atoms with Gasteiger partial charge in [0.25, 0.3) is 0 Å². The number of nitrogens with zero attached hydrogens (tertiary/aromatic N) is 5. The third kappa shape index (κ3) is 3.97. The summed E-state index contributed by atoms with van der Waals surface area (Å²) in [5.74, 6) is 0.687. The molecule has 0 bridgehead atoms. The number of aromatic nitrogens is 4. The predicted octanol–water partition coefficient (Wildman–Crippen LogP) is 4.36. The summed E-state index contributed by atoms with van der Waals surface area (Å²) in [6, 6.07) is 8.46. The van der Waals surface area contributed by atoms with Crippen LogP contribution < -0.4 is 4.90 Å². The Morgan fingerprint density at radius 2 is 1.87 bits per heavy atom. The van der Waals surface area contributed by atoms with Gasteiger partial charge in [-0.1, -0.05) is 0 Å². The van der Waals surface area contributed by atoms with Gasteiger partial charge in [0.15, 0.2) is 0 Å². The van der Waals surface area contributed by atoms with Gasteiger partial charge in [0.1, 0.15) is 18.4 Å². The molecule has 1 aromatic carbocycles. The first-order chi connectivity index (χ1) is 14.4. The van der Waals surface area contributed by atoms with Gasteiger partial charge in [-0.3, -0.25) is 4.57 Å². The van der Waals surface area contributed by atoms with Crippen LogP contribution >= 0.6 is 22.6 Å². The van der Waals surface area contributed by atoms with Gasteiger partial charge in [-0.25, -0.2) is 4.98 Å². The zero-order valence-corrected chi connectivity index (χ0v) is 20.1. The van der Waals surface area contributed by atoms with Crippen LogP contribution in [0.3, 0.4) is 0 Å². The van der Waals surface area contributed by atoms with Gasteiger partial charge in [0, 0.05) is 57.0 Å². The van der Waals surface area contributed by atoms with Crippen molar-refractivity contribution in [2.45, 2.75) is 37.8 Å². The molecule has 1 aliphatic heterocycles. The van der Waals surface area contributed by atoms with Crippen LogP contribution in [0.15, 0.2) is 41.9 Å². The third-order valence-electron chi connectivity index (χ3n) is 6.28. The first-order valence-corrected chi connectivity index (χ1v) is 12.8. The van der Waals surface area contributed by atoms with E-state index in [9.17, 15) is 4.55 Å². The zero-order valence-electron chi connectivity index (χ0n) is 17.1. The molecule has 2 fully saturated rings. The number of aryl methyl sites for hydroxylation is 1. The lowest BCUT2D eigenvalue weighted by molar-refractivity contribution is 0.384. The topological polar surface area (TPSA) is 69.9 Å². The van der Waals surface area contributed by atoms with E-state index >= 15 is 0 Å². The molecule has 5 rings (SSSR count). The standard InChI is InChI=1S/C22H24IN5OS/c1-15-11-20(26-21(25-15)30(2)29)28-13-18(24-14-28)17-4-3-16(23)12-19(17)27-9-7-22(5-6-22)8-10-27/h3-4,11-14H,5-10H2,1-2H3. The molecule has 156 valence electrons. The Balaban J connectivity index is 1.48. The summed E-state index contributed by atoms with van der Waals surface area (Å²) < 4.78 is 15.0. The van der Waals surface area contributed by atoms with Crippen LogP contribution in [0.25, 0.3) is 17.1 Å². The Bertz CT molecular complexity index is 1080. The molecule has 0 radical (unpaired) electrons. The van der Waals surface area contributed by atoms with Crippen LogP contribution in [-0.2, 0) is 11.2 Å². The second-order valence-corrected chi connectivity index (χ2v) is 10.9. The normalized spacial score (nSPS) is 18.6. The summed E-state index contributed by atoms with van der Waals surface area (Å²) in [6.07, 6.45) is 10.8. The fourth-order valence-corrected chi connectivity index (χ4v) is 5.22. The lowest BCUT2D eigenvalue weighted by Crippen LogP contribution is -2.34. The monoisotopic (exact) mass is 533 g/mol. The lowest BCUT2D eigenvalue weighted by Gasteiger charge is -2.35. The van der Waals surface area contributed by atoms with Crippen LogP contribution in [0.1, 0.15) is 31.4 Å². The molecule has 2 aliphatic rings. The van der Waals surface area contributed by atoms with Crippen LogP contribution in [0.2, 0.25) is 0 Å². The summed E-state index contributed by atoms with van der Waals surface area (Å²) in [4.78, 5) is 15.9. The van der Waals surface area contributed by atoms with Gasteiger partial charge in [-0.2, -0.15) is 9.97 Å². The fraction of sp³-hybridized carbons (Fsp3) is 0.409. The summed E-state index contributed by atoms with van der Waals surface area (Å²) in [5.41, 5.74) is 4.77. The maximum Gasteiger partial charge on any atom is 0.344 e. The molecular weight excluding hydrogens is 509 g/mol. The molecule has 3 aromatic rings. The van der Waals surface area contributed by atoms with Gasteiger partial charge < -0.3 is 9.45 Å². The van der Waals surface area contributed by atoms with E-state index in [0.29, 0.717) is 16.4 Å². The predicted molar refractivity (Wildman–Crippen MR) is 127 cm³/mol. The molecule has 0 N–H and O–H groups in total. The van der Waals surface area contributed by atoms with Crippen LogP contribution in [-0.4, -0.2) is 43.4 Å². The molecule has 1 saturated carbocycles. The van der Waals surface area contributed by atoms with E-state index in [-0.39, 0.29) is 0 Å². The zero-order chi connectivity index (χ0) is 20.9. The first-order valence-electron chi connectivity index (χ1n) is 10.2. The molecule has 1 atom stereocenters. The maximum atomic E-state index is 11.9. The molecular formula is C22H24IN5OS. The van der Waals surface area contributed by atoms with E-state index in [1.165, 1.54) is 34.9 Å². The van der Waals surface area contributed by atoms with Crippen molar-refractivity contribution in [3.63, 3.8) is 0 Å².